The number of carbonyl (C=O) groups excluding carboxylic acids is 4. The molecule has 0 aliphatic carbocycles. The maximum Gasteiger partial charge on any atom is 0.408 e. The topological polar surface area (TPSA) is 191 Å². The number of nitrogens with one attached hydrogen (secondary N) is 1. The van der Waals surface area contributed by atoms with Crippen LogP contribution in [0.25, 0.3) is 0 Å². The molecule has 6 unspecified atom stereocenters. The highest BCUT2D eigenvalue weighted by atomic mass is 16.8. The summed E-state index contributed by atoms with van der Waals surface area (Å²) in [7, 11) is 2.49. The largest absolute Gasteiger partial charge is 0.467 e. The number of hydrogen-bond donors (Lipinski definition) is 1. The number of methoxy groups -OCH3 is 2. The highest BCUT2D eigenvalue weighted by Crippen LogP contribution is 2.40. The van der Waals surface area contributed by atoms with Gasteiger partial charge in [-0.1, -0.05) is 123 Å². The van der Waals surface area contributed by atoms with E-state index in [2.05, 4.69) is 5.32 Å². The zero-order chi connectivity index (χ0) is 48.4. The predicted octanol–water partition coefficient (Wildman–Crippen LogP) is 5.84. The standard InChI is InChI=1S/C52H59NO16/c1-6-36-41(67-51-46(62-29-34-23-15-9-16-24-34)38(30(2)39(66-51)48(55)58-4)60-27-32-19-11-7-12-20-32)42-37(53-52(57)69-42)50(64-36)68-44-43(61-28-33-21-13-8-14-22-33)40(31(3)63-45(44)49(56)59-5)65-47(54)35-25-17-10-18-26-35/h7-26,30-31,36-46,50-51H,6,27-29H2,1-5H3,(H,53,57)/t30-,31+,36?,37-,38+,39?,40?,41+,42?,43-,44-,45?,46?,50-,51-/m0/s1. The second-order valence-corrected chi connectivity index (χ2v) is 17.3. The molecule has 1 amide bonds. The molecule has 15 atom stereocenters. The second-order valence-electron chi connectivity index (χ2n) is 17.3. The van der Waals surface area contributed by atoms with Gasteiger partial charge in [0.1, 0.15) is 30.5 Å². The lowest BCUT2D eigenvalue weighted by atomic mass is 9.89. The Kier molecular flexibility index (Phi) is 16.7. The molecule has 1 N–H and O–H groups in total. The quantitative estimate of drug-likeness (QED) is 0.0923. The van der Waals surface area contributed by atoms with Gasteiger partial charge in [-0.15, -0.1) is 0 Å². The molecule has 17 heteroatoms. The van der Waals surface area contributed by atoms with Crippen molar-refractivity contribution >= 4 is 24.0 Å². The fourth-order valence-corrected chi connectivity index (χ4v) is 9.18. The summed E-state index contributed by atoms with van der Waals surface area (Å²) in [6, 6.07) is 35.8. The Balaban J connectivity index is 1.10. The summed E-state index contributed by atoms with van der Waals surface area (Å²) in [5, 5.41) is 2.81. The van der Waals surface area contributed by atoms with Crippen molar-refractivity contribution < 1.29 is 76.0 Å². The van der Waals surface area contributed by atoms with Gasteiger partial charge in [0.05, 0.1) is 57.9 Å². The van der Waals surface area contributed by atoms with Gasteiger partial charge in [0.25, 0.3) is 0 Å². The number of rotatable bonds is 18. The summed E-state index contributed by atoms with van der Waals surface area (Å²) in [5.41, 5.74) is 2.85. The van der Waals surface area contributed by atoms with Gasteiger partial charge in [0.2, 0.25) is 0 Å². The van der Waals surface area contributed by atoms with E-state index in [4.69, 9.17) is 56.8 Å². The van der Waals surface area contributed by atoms with Crippen LogP contribution in [0.4, 0.5) is 4.79 Å². The minimum absolute atomic E-state index is 0.0342. The van der Waals surface area contributed by atoms with Crippen LogP contribution in [0.3, 0.4) is 0 Å². The number of fused-ring (bicyclic) bond motifs is 1. The third-order valence-electron chi connectivity index (χ3n) is 12.8. The first-order chi connectivity index (χ1) is 33.6. The van der Waals surface area contributed by atoms with Crippen LogP contribution >= 0.6 is 0 Å². The third-order valence-corrected chi connectivity index (χ3v) is 12.8. The van der Waals surface area contributed by atoms with Gasteiger partial charge in [-0.25, -0.2) is 19.2 Å². The van der Waals surface area contributed by atoms with Crippen molar-refractivity contribution in [1.82, 2.24) is 5.32 Å². The van der Waals surface area contributed by atoms with Gasteiger partial charge in [0.15, 0.2) is 37.0 Å². The lowest BCUT2D eigenvalue weighted by Crippen LogP contribution is -2.67. The van der Waals surface area contributed by atoms with E-state index >= 15 is 0 Å². The van der Waals surface area contributed by atoms with Crippen molar-refractivity contribution in [3.8, 4) is 0 Å². The van der Waals surface area contributed by atoms with Gasteiger partial charge in [-0.05, 0) is 42.2 Å². The Morgan fingerprint density at radius 3 is 1.62 bits per heavy atom. The van der Waals surface area contributed by atoms with Crippen LogP contribution in [0.1, 0.15) is 54.2 Å². The molecule has 4 aliphatic rings. The summed E-state index contributed by atoms with van der Waals surface area (Å²) >= 11 is 0. The molecule has 368 valence electrons. The molecule has 4 aromatic carbocycles. The van der Waals surface area contributed by atoms with Crippen molar-refractivity contribution in [2.24, 2.45) is 5.92 Å². The number of benzene rings is 4. The fraction of sp³-hybridized carbons (Fsp3) is 0.462. The van der Waals surface area contributed by atoms with E-state index in [0.717, 1.165) is 16.7 Å². The smallest absolute Gasteiger partial charge is 0.408 e. The molecular weight excluding hydrogens is 895 g/mol. The molecule has 69 heavy (non-hydrogen) atoms. The van der Waals surface area contributed by atoms with E-state index in [1.54, 1.807) is 37.3 Å². The van der Waals surface area contributed by atoms with Gasteiger partial charge in [-0.2, -0.15) is 0 Å². The average molecular weight is 954 g/mol. The lowest BCUT2D eigenvalue weighted by molar-refractivity contribution is -0.352. The van der Waals surface area contributed by atoms with Crippen molar-refractivity contribution in [2.75, 3.05) is 14.2 Å². The Morgan fingerprint density at radius 1 is 0.565 bits per heavy atom. The van der Waals surface area contributed by atoms with E-state index < -0.39 is 116 Å². The van der Waals surface area contributed by atoms with Crippen LogP contribution in [0, 0.1) is 5.92 Å². The van der Waals surface area contributed by atoms with E-state index in [1.807, 2.05) is 105 Å². The predicted molar refractivity (Wildman–Crippen MR) is 243 cm³/mol. The van der Waals surface area contributed by atoms with Gasteiger partial charge < -0.3 is 62.2 Å². The number of alkyl carbamates (subject to hydrolysis) is 1. The first-order valence-corrected chi connectivity index (χ1v) is 23.2. The Labute approximate surface area is 400 Å². The summed E-state index contributed by atoms with van der Waals surface area (Å²) in [6.45, 7) is 5.71. The highest BCUT2D eigenvalue weighted by molar-refractivity contribution is 5.89. The van der Waals surface area contributed by atoms with Crippen molar-refractivity contribution in [2.45, 2.75) is 133 Å². The summed E-state index contributed by atoms with van der Waals surface area (Å²) in [6.07, 6.45) is -14.8. The zero-order valence-corrected chi connectivity index (χ0v) is 39.1. The molecule has 4 saturated heterocycles. The first kappa shape index (κ1) is 49.7. The van der Waals surface area contributed by atoms with E-state index in [1.165, 1.54) is 14.2 Å². The molecule has 4 heterocycles. The number of esters is 3. The normalized spacial score (nSPS) is 31.9. The molecule has 0 bridgehead atoms. The van der Waals surface area contributed by atoms with Gasteiger partial charge in [0, 0.05) is 5.92 Å². The minimum Gasteiger partial charge on any atom is -0.467 e. The fourth-order valence-electron chi connectivity index (χ4n) is 9.18. The van der Waals surface area contributed by atoms with Crippen molar-refractivity contribution in [3.05, 3.63) is 144 Å². The minimum atomic E-state index is -1.41. The van der Waals surface area contributed by atoms with Crippen LogP contribution < -0.4 is 5.32 Å². The molecule has 0 aromatic heterocycles. The molecule has 4 fully saturated rings. The molecule has 0 saturated carbocycles. The van der Waals surface area contributed by atoms with E-state index in [-0.39, 0.29) is 25.4 Å². The number of amides is 1. The molecule has 4 aromatic rings. The summed E-state index contributed by atoms with van der Waals surface area (Å²) < 4.78 is 75.5. The van der Waals surface area contributed by atoms with Crippen molar-refractivity contribution in [3.63, 3.8) is 0 Å². The summed E-state index contributed by atoms with van der Waals surface area (Å²) in [4.78, 5) is 54.1. The first-order valence-electron chi connectivity index (χ1n) is 23.2. The van der Waals surface area contributed by atoms with Crippen LogP contribution in [-0.4, -0.2) is 124 Å². The Morgan fingerprint density at radius 2 is 1.07 bits per heavy atom. The number of ether oxygens (including phenoxy) is 12. The van der Waals surface area contributed by atoms with Crippen LogP contribution in [0.5, 0.6) is 0 Å². The number of carbonyl (C=O) groups is 4. The summed E-state index contributed by atoms with van der Waals surface area (Å²) in [5.74, 6) is -2.64. The highest BCUT2D eigenvalue weighted by Gasteiger charge is 2.59. The van der Waals surface area contributed by atoms with Gasteiger partial charge >= 0.3 is 24.0 Å². The maximum atomic E-state index is 13.6. The van der Waals surface area contributed by atoms with E-state index in [9.17, 15) is 19.2 Å². The average Bonchev–Trinajstić information content (AvgIpc) is 3.79. The SMILES string of the molecule is CCC1O[C@@H](O[C@@H]2C(C(=O)OC)O[C@H](C)C(OC(=O)c3ccccc3)[C@@H]2OCc2ccccc2)[C@H]2NC(=O)OC2[C@@H]1O[C@@H]1OC(C(=O)OC)[C@@H](C)[C@@H](OCc2ccccc2)C1OCc1ccccc1. The molecule has 4 aliphatic heterocycles. The zero-order valence-electron chi connectivity index (χ0n) is 39.1. The second kappa shape index (κ2) is 23.2. The lowest BCUT2D eigenvalue weighted by Gasteiger charge is -2.49. The molecule has 8 rings (SSSR count). The molecular formula is C52H59NO16. The maximum absolute atomic E-state index is 13.6. The Bertz CT molecular complexity index is 2290. The van der Waals surface area contributed by atoms with E-state index in [0.29, 0.717) is 6.42 Å². The van der Waals surface area contributed by atoms with Gasteiger partial charge in [-0.3, -0.25) is 0 Å². The third kappa shape index (κ3) is 11.6. The monoisotopic (exact) mass is 953 g/mol. The van der Waals surface area contributed by atoms with Crippen LogP contribution in [-0.2, 0) is 86.3 Å². The number of hydrogen-bond acceptors (Lipinski definition) is 16. The molecule has 0 radical (unpaired) electrons. The van der Waals surface area contributed by atoms with Crippen LogP contribution in [0.15, 0.2) is 121 Å². The van der Waals surface area contributed by atoms with Crippen molar-refractivity contribution in [1.29, 1.82) is 0 Å². The molecule has 0 spiro atoms. The molecule has 17 nitrogen and oxygen atoms in total. The Hall–Kier alpha value is -5.76. The van der Waals surface area contributed by atoms with Crippen LogP contribution in [0.2, 0.25) is 0 Å².